The third kappa shape index (κ3) is 2.96. The van der Waals surface area contributed by atoms with Gasteiger partial charge in [-0.15, -0.1) is 0 Å². The molecule has 0 saturated carbocycles. The molecule has 1 aromatic carbocycles. The van der Waals surface area contributed by atoms with Crippen LogP contribution in [0, 0.1) is 17.1 Å². The van der Waals surface area contributed by atoms with E-state index in [0.717, 1.165) is 10.7 Å². The fourth-order valence-electron chi connectivity index (χ4n) is 1.56. The number of nitriles is 1. The maximum Gasteiger partial charge on any atom is 0.232 e. The van der Waals surface area contributed by atoms with Gasteiger partial charge in [-0.25, -0.2) is 22.5 Å². The molecule has 0 saturated heterocycles. The predicted molar refractivity (Wildman–Crippen MR) is 74.1 cm³/mol. The van der Waals surface area contributed by atoms with Gasteiger partial charge in [0.25, 0.3) is 0 Å². The normalized spacial score (nSPS) is 11.1. The fraction of sp³-hybridized carbons (Fsp3) is 0.182. The van der Waals surface area contributed by atoms with Crippen molar-refractivity contribution < 1.29 is 12.8 Å². The van der Waals surface area contributed by atoms with Crippen molar-refractivity contribution in [3.63, 3.8) is 0 Å². The molecule has 0 amide bonds. The minimum atomic E-state index is -3.68. The zero-order chi connectivity index (χ0) is 15.6. The fourth-order valence-corrected chi connectivity index (χ4v) is 2.61. The molecule has 2 aromatic rings. The summed E-state index contributed by atoms with van der Waals surface area (Å²) in [6.45, 7) is 1.42. The van der Waals surface area contributed by atoms with E-state index in [-0.39, 0.29) is 27.7 Å². The molecule has 1 aromatic heterocycles. The van der Waals surface area contributed by atoms with Crippen molar-refractivity contribution in [2.45, 2.75) is 6.92 Å². The first kappa shape index (κ1) is 15.2. The van der Waals surface area contributed by atoms with Crippen LogP contribution in [0.2, 0.25) is 5.02 Å². The van der Waals surface area contributed by atoms with Gasteiger partial charge in [0.1, 0.15) is 24.4 Å². The highest BCUT2D eigenvalue weighted by molar-refractivity contribution is 7.92. The monoisotopic (exact) mass is 329 g/mol. The minimum absolute atomic E-state index is 0.187. The Morgan fingerprint density at radius 1 is 1.57 bits per heavy atom. The summed E-state index contributed by atoms with van der Waals surface area (Å²) >= 11 is 6.05. The van der Waals surface area contributed by atoms with Crippen LogP contribution >= 0.6 is 11.6 Å². The Hall–Kier alpha value is -2.18. The Bertz CT molecular complexity index is 814. The van der Waals surface area contributed by atoms with Crippen molar-refractivity contribution >= 4 is 27.3 Å². The first-order valence-corrected chi connectivity index (χ1v) is 7.70. The van der Waals surface area contributed by atoms with E-state index in [9.17, 15) is 12.8 Å². The number of nitrogens with zero attached hydrogens (tertiary/aromatic N) is 4. The summed E-state index contributed by atoms with van der Waals surface area (Å²) in [7, 11) is -3.68. The third-order valence-electron chi connectivity index (χ3n) is 2.60. The highest BCUT2D eigenvalue weighted by Gasteiger charge is 2.22. The molecular formula is C11H9ClFN5O2S. The van der Waals surface area contributed by atoms with Gasteiger partial charge >= 0.3 is 0 Å². The third-order valence-corrected chi connectivity index (χ3v) is 4.24. The van der Waals surface area contributed by atoms with E-state index < -0.39 is 15.8 Å². The largest absolute Gasteiger partial charge is 0.281 e. The van der Waals surface area contributed by atoms with Crippen molar-refractivity contribution in [2.24, 2.45) is 0 Å². The average Bonchev–Trinajstić information content (AvgIpc) is 2.95. The highest BCUT2D eigenvalue weighted by Crippen LogP contribution is 2.34. The van der Waals surface area contributed by atoms with Crippen LogP contribution in [0.1, 0.15) is 12.5 Å². The molecule has 0 radical (unpaired) electrons. The molecule has 0 bridgehead atoms. The maximum atomic E-state index is 14.1. The Labute approximate surface area is 125 Å². The molecule has 110 valence electrons. The SMILES string of the molecule is CCS(=O)(=O)Nc1c(C#N)cc(F)c(-n2cncn2)c1Cl. The maximum absolute atomic E-state index is 14.1. The van der Waals surface area contributed by atoms with Crippen molar-refractivity contribution in [1.29, 1.82) is 5.26 Å². The van der Waals surface area contributed by atoms with Gasteiger partial charge in [0.15, 0.2) is 5.82 Å². The summed E-state index contributed by atoms with van der Waals surface area (Å²) in [5.41, 5.74) is -0.603. The van der Waals surface area contributed by atoms with Gasteiger partial charge in [-0.1, -0.05) is 11.6 Å². The second-order valence-corrected chi connectivity index (χ2v) is 6.29. The zero-order valence-corrected chi connectivity index (χ0v) is 12.3. The van der Waals surface area contributed by atoms with E-state index in [0.29, 0.717) is 0 Å². The lowest BCUT2D eigenvalue weighted by Crippen LogP contribution is -2.17. The summed E-state index contributed by atoms with van der Waals surface area (Å²) in [5.74, 6) is -1.04. The summed E-state index contributed by atoms with van der Waals surface area (Å²) < 4.78 is 40.6. The predicted octanol–water partition coefficient (Wildman–Crippen LogP) is 1.69. The van der Waals surface area contributed by atoms with Crippen molar-refractivity contribution in [3.8, 4) is 11.8 Å². The number of anilines is 1. The molecule has 0 unspecified atom stereocenters. The minimum Gasteiger partial charge on any atom is -0.281 e. The van der Waals surface area contributed by atoms with Crippen LogP contribution < -0.4 is 4.72 Å². The number of hydrogen-bond acceptors (Lipinski definition) is 5. The number of halogens is 2. The lowest BCUT2D eigenvalue weighted by atomic mass is 10.1. The summed E-state index contributed by atoms with van der Waals surface area (Å²) in [5, 5.41) is 12.5. The number of aromatic nitrogens is 3. The Balaban J connectivity index is 2.70. The number of benzene rings is 1. The summed E-state index contributed by atoms with van der Waals surface area (Å²) in [6.07, 6.45) is 2.37. The highest BCUT2D eigenvalue weighted by atomic mass is 35.5. The Morgan fingerprint density at radius 2 is 2.29 bits per heavy atom. The molecule has 0 aliphatic heterocycles. The van der Waals surface area contributed by atoms with E-state index >= 15 is 0 Å². The molecule has 10 heteroatoms. The van der Waals surface area contributed by atoms with Crippen LogP contribution in [0.4, 0.5) is 10.1 Å². The van der Waals surface area contributed by atoms with Crippen molar-refractivity contribution in [3.05, 3.63) is 35.1 Å². The van der Waals surface area contributed by atoms with Crippen LogP contribution in [-0.4, -0.2) is 28.9 Å². The molecule has 1 heterocycles. The van der Waals surface area contributed by atoms with Crippen LogP contribution in [-0.2, 0) is 10.0 Å². The van der Waals surface area contributed by atoms with Gasteiger partial charge in [-0.2, -0.15) is 10.4 Å². The summed E-state index contributed by atoms with van der Waals surface area (Å²) in [6, 6.07) is 2.59. The van der Waals surface area contributed by atoms with E-state index in [2.05, 4.69) is 14.8 Å². The molecular weight excluding hydrogens is 321 g/mol. The van der Waals surface area contributed by atoms with E-state index in [1.165, 1.54) is 19.6 Å². The standard InChI is InChI=1S/C11H9ClFN5O2S/c1-2-21(19,20)17-10-7(4-14)3-8(13)11(9(10)12)18-6-15-5-16-18/h3,5-6,17H,2H2,1H3. The van der Waals surface area contributed by atoms with Crippen LogP contribution in [0.15, 0.2) is 18.7 Å². The number of rotatable bonds is 4. The average molecular weight is 330 g/mol. The quantitative estimate of drug-likeness (QED) is 0.919. The van der Waals surface area contributed by atoms with Gasteiger partial charge in [-0.3, -0.25) is 4.72 Å². The lowest BCUT2D eigenvalue weighted by molar-refractivity contribution is 0.601. The number of sulfonamides is 1. The number of hydrogen-bond donors (Lipinski definition) is 1. The molecule has 0 atom stereocenters. The first-order valence-electron chi connectivity index (χ1n) is 5.67. The Morgan fingerprint density at radius 3 is 2.81 bits per heavy atom. The molecule has 2 rings (SSSR count). The zero-order valence-electron chi connectivity index (χ0n) is 10.7. The van der Waals surface area contributed by atoms with Crippen molar-refractivity contribution in [1.82, 2.24) is 14.8 Å². The molecule has 21 heavy (non-hydrogen) atoms. The molecule has 0 fully saturated rings. The van der Waals surface area contributed by atoms with Gasteiger partial charge in [0.2, 0.25) is 10.0 Å². The lowest BCUT2D eigenvalue weighted by Gasteiger charge is -2.14. The first-order chi connectivity index (χ1) is 9.89. The van der Waals surface area contributed by atoms with E-state index in [1.807, 2.05) is 0 Å². The van der Waals surface area contributed by atoms with E-state index in [4.69, 9.17) is 16.9 Å². The molecule has 0 spiro atoms. The van der Waals surface area contributed by atoms with Crippen LogP contribution in [0.3, 0.4) is 0 Å². The second kappa shape index (κ2) is 5.67. The van der Waals surface area contributed by atoms with Gasteiger partial charge in [0, 0.05) is 0 Å². The molecule has 0 aliphatic carbocycles. The topological polar surface area (TPSA) is 101 Å². The summed E-state index contributed by atoms with van der Waals surface area (Å²) in [4.78, 5) is 3.67. The molecule has 0 aliphatic rings. The smallest absolute Gasteiger partial charge is 0.232 e. The van der Waals surface area contributed by atoms with Gasteiger partial charge in [0.05, 0.1) is 22.0 Å². The van der Waals surface area contributed by atoms with Gasteiger partial charge < -0.3 is 0 Å². The second-order valence-electron chi connectivity index (χ2n) is 3.90. The number of nitrogens with one attached hydrogen (secondary N) is 1. The molecule has 7 nitrogen and oxygen atoms in total. The molecule has 1 N–H and O–H groups in total. The van der Waals surface area contributed by atoms with Crippen LogP contribution in [0.5, 0.6) is 0 Å². The van der Waals surface area contributed by atoms with Crippen molar-refractivity contribution in [2.75, 3.05) is 10.5 Å². The Kier molecular flexibility index (Phi) is 4.11. The van der Waals surface area contributed by atoms with Gasteiger partial charge in [-0.05, 0) is 13.0 Å². The van der Waals surface area contributed by atoms with E-state index in [1.54, 1.807) is 6.07 Å². The van der Waals surface area contributed by atoms with Crippen LogP contribution in [0.25, 0.3) is 5.69 Å².